The van der Waals surface area contributed by atoms with Crippen LogP contribution >= 0.6 is 0 Å². The molecule has 3 rings (SSSR count). The summed E-state index contributed by atoms with van der Waals surface area (Å²) >= 11 is 0. The predicted octanol–water partition coefficient (Wildman–Crippen LogP) is 4.54. The Balaban J connectivity index is 2.49. The summed E-state index contributed by atoms with van der Waals surface area (Å²) in [5.74, 6) is -1.15. The van der Waals surface area contributed by atoms with Gasteiger partial charge in [0, 0.05) is 23.9 Å². The molecule has 0 saturated heterocycles. The molecule has 0 aliphatic carbocycles. The second-order valence-corrected chi connectivity index (χ2v) is 5.74. The van der Waals surface area contributed by atoms with Crippen molar-refractivity contribution in [3.8, 4) is 16.9 Å². The Bertz CT molecular complexity index is 1010. The maximum absolute atomic E-state index is 15.4. The molecule has 5 heteroatoms. The number of methoxy groups -OCH3 is 1. The number of aryl methyl sites for hydroxylation is 2. The van der Waals surface area contributed by atoms with Gasteiger partial charge in [0.05, 0.1) is 23.6 Å². The molecule has 0 aliphatic heterocycles. The molecule has 0 amide bonds. The van der Waals surface area contributed by atoms with E-state index in [1.54, 1.807) is 28.8 Å². The Morgan fingerprint density at radius 1 is 1.12 bits per heavy atom. The summed E-state index contributed by atoms with van der Waals surface area (Å²) in [5.41, 5.74) is 0.616. The van der Waals surface area contributed by atoms with Crippen LogP contribution in [0.15, 0.2) is 41.2 Å². The van der Waals surface area contributed by atoms with Gasteiger partial charge in [-0.05, 0) is 25.5 Å². The Morgan fingerprint density at radius 3 is 2.48 bits per heavy atom. The lowest BCUT2D eigenvalue weighted by Crippen LogP contribution is -2.15. The van der Waals surface area contributed by atoms with Crippen LogP contribution in [-0.4, -0.2) is 11.7 Å². The van der Waals surface area contributed by atoms with Crippen LogP contribution in [0.5, 0.6) is 5.75 Å². The number of ether oxygens (including phenoxy) is 1. The molecule has 0 unspecified atom stereocenters. The molecule has 25 heavy (non-hydrogen) atoms. The number of pyridine rings is 1. The number of aromatic nitrogens is 1. The molecule has 2 aromatic carbocycles. The monoisotopic (exact) mass is 343 g/mol. The van der Waals surface area contributed by atoms with Crippen molar-refractivity contribution in [1.82, 2.24) is 4.57 Å². The molecule has 1 heterocycles. The third-order valence-electron chi connectivity index (χ3n) is 4.43. The lowest BCUT2D eigenvalue weighted by molar-refractivity contribution is 0.416. The van der Waals surface area contributed by atoms with Crippen LogP contribution < -0.4 is 10.2 Å². The molecule has 0 spiro atoms. The highest BCUT2D eigenvalue weighted by Gasteiger charge is 2.22. The highest BCUT2D eigenvalue weighted by Crippen LogP contribution is 2.36. The standard InChI is InChI=1S/C20H19F2NO2/c1-4-12-10-16(24)14-11-15(21)18(19(22)20(14)23(12)5-2)13-8-6-7-9-17(13)25-3/h6-11H,4-5H2,1-3H3. The van der Waals surface area contributed by atoms with E-state index in [9.17, 15) is 9.18 Å². The Kier molecular flexibility index (Phi) is 4.57. The number of halogens is 2. The lowest BCUT2D eigenvalue weighted by Gasteiger charge is -2.17. The van der Waals surface area contributed by atoms with Gasteiger partial charge in [-0.15, -0.1) is 0 Å². The highest BCUT2D eigenvalue weighted by atomic mass is 19.1. The molecular weight excluding hydrogens is 324 g/mol. The van der Waals surface area contributed by atoms with Crippen LogP contribution in [0.4, 0.5) is 8.78 Å². The van der Waals surface area contributed by atoms with Gasteiger partial charge in [0.1, 0.15) is 11.6 Å². The summed E-state index contributed by atoms with van der Waals surface area (Å²) in [6.45, 7) is 4.25. The van der Waals surface area contributed by atoms with E-state index in [1.807, 2.05) is 13.8 Å². The van der Waals surface area contributed by atoms with Gasteiger partial charge >= 0.3 is 0 Å². The SMILES string of the molecule is CCc1cc(=O)c2cc(F)c(-c3ccccc3OC)c(F)c2n1CC. The van der Waals surface area contributed by atoms with Crippen molar-refractivity contribution in [2.75, 3.05) is 7.11 Å². The number of benzene rings is 2. The summed E-state index contributed by atoms with van der Waals surface area (Å²) in [7, 11) is 1.45. The molecule has 1 aromatic heterocycles. The van der Waals surface area contributed by atoms with Gasteiger partial charge in [-0.25, -0.2) is 8.78 Å². The molecule has 0 fully saturated rings. The first-order valence-corrected chi connectivity index (χ1v) is 8.21. The van der Waals surface area contributed by atoms with Crippen LogP contribution in [0.2, 0.25) is 0 Å². The van der Waals surface area contributed by atoms with Crippen LogP contribution in [0, 0.1) is 11.6 Å². The first kappa shape index (κ1) is 17.1. The maximum atomic E-state index is 15.4. The van der Waals surface area contributed by atoms with Crippen LogP contribution in [-0.2, 0) is 13.0 Å². The quantitative estimate of drug-likeness (QED) is 0.696. The Morgan fingerprint density at radius 2 is 1.84 bits per heavy atom. The average Bonchev–Trinajstić information content (AvgIpc) is 2.62. The van der Waals surface area contributed by atoms with Crippen molar-refractivity contribution in [2.45, 2.75) is 26.8 Å². The van der Waals surface area contributed by atoms with Gasteiger partial charge in [-0.1, -0.05) is 25.1 Å². The van der Waals surface area contributed by atoms with E-state index in [1.165, 1.54) is 13.2 Å². The van der Waals surface area contributed by atoms with Gasteiger partial charge in [-0.2, -0.15) is 0 Å². The lowest BCUT2D eigenvalue weighted by atomic mass is 10.00. The number of rotatable bonds is 4. The minimum Gasteiger partial charge on any atom is -0.496 e. The van der Waals surface area contributed by atoms with E-state index >= 15 is 4.39 Å². The van der Waals surface area contributed by atoms with Crippen LogP contribution in [0.25, 0.3) is 22.0 Å². The molecule has 3 aromatic rings. The van der Waals surface area contributed by atoms with E-state index in [0.29, 0.717) is 24.3 Å². The topological polar surface area (TPSA) is 31.2 Å². The third kappa shape index (κ3) is 2.69. The van der Waals surface area contributed by atoms with Gasteiger partial charge in [0.15, 0.2) is 11.2 Å². The summed E-state index contributed by atoms with van der Waals surface area (Å²) in [6.07, 6.45) is 0.583. The first-order valence-electron chi connectivity index (χ1n) is 8.21. The largest absolute Gasteiger partial charge is 0.496 e. The molecule has 3 nitrogen and oxygen atoms in total. The van der Waals surface area contributed by atoms with Crippen molar-refractivity contribution >= 4 is 10.9 Å². The average molecular weight is 343 g/mol. The number of hydrogen-bond acceptors (Lipinski definition) is 2. The minimum absolute atomic E-state index is 0.0488. The molecule has 0 saturated carbocycles. The fourth-order valence-electron chi connectivity index (χ4n) is 3.26. The van der Waals surface area contributed by atoms with Gasteiger partial charge in [-0.3, -0.25) is 4.79 Å². The van der Waals surface area contributed by atoms with Gasteiger partial charge < -0.3 is 9.30 Å². The second kappa shape index (κ2) is 6.67. The molecular formula is C20H19F2NO2. The summed E-state index contributed by atoms with van der Waals surface area (Å²) in [4.78, 5) is 12.3. The zero-order chi connectivity index (χ0) is 18.1. The predicted molar refractivity (Wildman–Crippen MR) is 95.2 cm³/mol. The highest BCUT2D eigenvalue weighted by molar-refractivity contribution is 5.87. The molecule has 0 bridgehead atoms. The van der Waals surface area contributed by atoms with Crippen molar-refractivity contribution in [3.63, 3.8) is 0 Å². The van der Waals surface area contributed by atoms with E-state index in [4.69, 9.17) is 4.74 Å². The third-order valence-corrected chi connectivity index (χ3v) is 4.43. The zero-order valence-corrected chi connectivity index (χ0v) is 14.4. The molecule has 0 radical (unpaired) electrons. The second-order valence-electron chi connectivity index (χ2n) is 5.74. The van der Waals surface area contributed by atoms with E-state index in [-0.39, 0.29) is 21.9 Å². The molecule has 0 aliphatic rings. The molecule has 130 valence electrons. The van der Waals surface area contributed by atoms with Crippen molar-refractivity contribution < 1.29 is 13.5 Å². The van der Waals surface area contributed by atoms with Crippen LogP contribution in [0.3, 0.4) is 0 Å². The first-order chi connectivity index (χ1) is 12.0. The number of hydrogen-bond donors (Lipinski definition) is 0. The summed E-state index contributed by atoms with van der Waals surface area (Å²) in [5, 5.41) is 0.0488. The number of nitrogens with zero attached hydrogens (tertiary/aromatic N) is 1. The zero-order valence-electron chi connectivity index (χ0n) is 14.4. The van der Waals surface area contributed by atoms with E-state index in [2.05, 4.69) is 0 Å². The Labute approximate surface area is 144 Å². The van der Waals surface area contributed by atoms with E-state index < -0.39 is 11.6 Å². The molecule has 0 atom stereocenters. The van der Waals surface area contributed by atoms with Crippen molar-refractivity contribution in [1.29, 1.82) is 0 Å². The number of para-hydroxylation sites is 1. The minimum atomic E-state index is -0.779. The summed E-state index contributed by atoms with van der Waals surface area (Å²) < 4.78 is 37.1. The fraction of sp³-hybridized carbons (Fsp3) is 0.250. The maximum Gasteiger partial charge on any atom is 0.189 e. The van der Waals surface area contributed by atoms with Crippen molar-refractivity contribution in [2.24, 2.45) is 0 Å². The van der Waals surface area contributed by atoms with Crippen molar-refractivity contribution in [3.05, 3.63) is 63.9 Å². The number of fused-ring (bicyclic) bond motifs is 1. The van der Waals surface area contributed by atoms with Crippen LogP contribution in [0.1, 0.15) is 19.5 Å². The molecule has 0 N–H and O–H groups in total. The van der Waals surface area contributed by atoms with E-state index in [0.717, 1.165) is 11.8 Å². The Hall–Kier alpha value is -2.69. The summed E-state index contributed by atoms with van der Waals surface area (Å²) in [6, 6.07) is 9.24. The fourth-order valence-corrected chi connectivity index (χ4v) is 3.26. The smallest absolute Gasteiger partial charge is 0.189 e. The van der Waals surface area contributed by atoms with Gasteiger partial charge in [0.25, 0.3) is 0 Å². The van der Waals surface area contributed by atoms with Gasteiger partial charge in [0.2, 0.25) is 0 Å². The normalized spacial score (nSPS) is 11.1.